The molecule has 1 aliphatic carbocycles. The van der Waals surface area contributed by atoms with Gasteiger partial charge in [0.2, 0.25) is 0 Å². The van der Waals surface area contributed by atoms with Crippen LogP contribution >= 0.6 is 0 Å². The first-order valence-electron chi connectivity index (χ1n) is 14.2. The summed E-state index contributed by atoms with van der Waals surface area (Å²) in [7, 11) is 1.78. The highest BCUT2D eigenvalue weighted by Gasteiger charge is 2.26. The van der Waals surface area contributed by atoms with Crippen LogP contribution < -0.4 is 15.6 Å². The number of carbonyl (C=O) groups is 1. The number of fused-ring (bicyclic) bond motifs is 1. The summed E-state index contributed by atoms with van der Waals surface area (Å²) >= 11 is 0. The van der Waals surface area contributed by atoms with E-state index in [-0.39, 0.29) is 23.7 Å². The van der Waals surface area contributed by atoms with E-state index < -0.39 is 0 Å². The molecule has 1 N–H and O–H groups in total. The number of rotatable bonds is 11. The molecular formula is C30H40N4O5. The maximum Gasteiger partial charge on any atom is 0.323 e. The number of ether oxygens (including phenoxy) is 3. The van der Waals surface area contributed by atoms with Crippen molar-refractivity contribution < 1.29 is 19.0 Å². The minimum atomic E-state index is -0.314. The van der Waals surface area contributed by atoms with Crippen molar-refractivity contribution >= 4 is 17.0 Å². The fourth-order valence-electron chi connectivity index (χ4n) is 5.32. The number of nitrogens with one attached hydrogen (secondary N) is 1. The van der Waals surface area contributed by atoms with Gasteiger partial charge in [0.1, 0.15) is 30.3 Å². The number of nitrogens with zero attached hydrogens (tertiary/aromatic N) is 3. The zero-order chi connectivity index (χ0) is 27.4. The highest BCUT2D eigenvalue weighted by molar-refractivity contribution is 5.82. The van der Waals surface area contributed by atoms with E-state index in [2.05, 4.69) is 16.0 Å². The molecule has 210 valence electrons. The summed E-state index contributed by atoms with van der Waals surface area (Å²) in [5, 5.41) is 3.27. The van der Waals surface area contributed by atoms with Gasteiger partial charge in [-0.05, 0) is 69.6 Å². The molecule has 3 aromatic rings. The Morgan fingerprint density at radius 1 is 1.21 bits per heavy atom. The normalized spacial score (nSPS) is 17.2. The maximum absolute atomic E-state index is 12.4. The Morgan fingerprint density at radius 3 is 2.69 bits per heavy atom. The minimum absolute atomic E-state index is 0.00301. The smallest absolute Gasteiger partial charge is 0.323 e. The van der Waals surface area contributed by atoms with Gasteiger partial charge in [-0.25, -0.2) is 4.98 Å². The van der Waals surface area contributed by atoms with Crippen LogP contribution in [0.3, 0.4) is 0 Å². The number of aryl methyl sites for hydroxylation is 2. The monoisotopic (exact) mass is 536 g/mol. The van der Waals surface area contributed by atoms with Crippen LogP contribution in [0.1, 0.15) is 51.0 Å². The van der Waals surface area contributed by atoms with Crippen molar-refractivity contribution in [1.29, 1.82) is 0 Å². The second-order valence-corrected chi connectivity index (χ2v) is 10.8. The quantitative estimate of drug-likeness (QED) is 0.293. The van der Waals surface area contributed by atoms with Crippen molar-refractivity contribution in [2.45, 2.75) is 71.1 Å². The van der Waals surface area contributed by atoms with E-state index in [1.807, 2.05) is 38.2 Å². The summed E-state index contributed by atoms with van der Waals surface area (Å²) in [6, 6.07) is 7.62. The van der Waals surface area contributed by atoms with Crippen LogP contribution in [-0.4, -0.2) is 58.6 Å². The molecule has 1 atom stereocenters. The largest absolute Gasteiger partial charge is 0.492 e. The van der Waals surface area contributed by atoms with Crippen molar-refractivity contribution in [3.8, 4) is 17.1 Å². The Hall–Kier alpha value is -3.17. The average Bonchev–Trinajstić information content (AvgIpc) is 3.27. The number of pyridine rings is 1. The summed E-state index contributed by atoms with van der Waals surface area (Å²) in [6.45, 7) is 7.20. The number of hydrogen-bond donors (Lipinski definition) is 1. The van der Waals surface area contributed by atoms with Gasteiger partial charge in [-0.1, -0.05) is 6.92 Å². The lowest BCUT2D eigenvalue weighted by Gasteiger charge is -2.27. The van der Waals surface area contributed by atoms with Gasteiger partial charge in [0, 0.05) is 56.7 Å². The van der Waals surface area contributed by atoms with E-state index in [4.69, 9.17) is 19.2 Å². The second-order valence-electron chi connectivity index (χ2n) is 10.8. The molecular weight excluding hydrogens is 496 g/mol. The van der Waals surface area contributed by atoms with E-state index in [1.165, 1.54) is 0 Å². The van der Waals surface area contributed by atoms with Crippen LogP contribution in [0.4, 0.5) is 0 Å². The lowest BCUT2D eigenvalue weighted by Crippen LogP contribution is -2.42. The average molecular weight is 537 g/mol. The van der Waals surface area contributed by atoms with Gasteiger partial charge >= 0.3 is 5.97 Å². The van der Waals surface area contributed by atoms with E-state index in [0.29, 0.717) is 31.1 Å². The predicted octanol–water partition coefficient (Wildman–Crippen LogP) is 3.98. The molecule has 39 heavy (non-hydrogen) atoms. The van der Waals surface area contributed by atoms with Crippen LogP contribution in [0.25, 0.3) is 22.4 Å². The van der Waals surface area contributed by atoms with E-state index in [9.17, 15) is 9.59 Å². The number of esters is 1. The Morgan fingerprint density at radius 2 is 2.00 bits per heavy atom. The van der Waals surface area contributed by atoms with Gasteiger partial charge in [0.15, 0.2) is 0 Å². The minimum Gasteiger partial charge on any atom is -0.492 e. The Bertz CT molecular complexity index is 1330. The zero-order valence-corrected chi connectivity index (χ0v) is 23.3. The molecule has 1 aliphatic heterocycles. The van der Waals surface area contributed by atoms with Gasteiger partial charge in [0.05, 0.1) is 11.0 Å². The summed E-state index contributed by atoms with van der Waals surface area (Å²) in [6.07, 6.45) is 7.76. The lowest BCUT2D eigenvalue weighted by atomic mass is 9.96. The molecule has 1 saturated carbocycles. The molecule has 1 aromatic carbocycles. The fourth-order valence-corrected chi connectivity index (χ4v) is 5.32. The topological polar surface area (TPSA) is 96.6 Å². The van der Waals surface area contributed by atoms with Gasteiger partial charge in [0.25, 0.3) is 5.56 Å². The molecule has 2 aromatic heterocycles. The fraction of sp³-hybridized carbons (Fsp3) is 0.567. The first-order chi connectivity index (χ1) is 18.9. The highest BCUT2D eigenvalue weighted by atomic mass is 16.5. The summed E-state index contributed by atoms with van der Waals surface area (Å²) in [5.41, 5.74) is 3.50. The third kappa shape index (κ3) is 6.36. The van der Waals surface area contributed by atoms with E-state index >= 15 is 0 Å². The number of aromatic nitrogens is 3. The van der Waals surface area contributed by atoms with Gasteiger partial charge in [-0.2, -0.15) is 0 Å². The molecule has 2 fully saturated rings. The summed E-state index contributed by atoms with van der Waals surface area (Å²) in [4.78, 5) is 29.7. The Kier molecular flexibility index (Phi) is 8.67. The molecule has 9 nitrogen and oxygen atoms in total. The van der Waals surface area contributed by atoms with Crippen molar-refractivity contribution in [1.82, 2.24) is 19.4 Å². The molecule has 1 unspecified atom stereocenters. The third-order valence-electron chi connectivity index (χ3n) is 7.91. The summed E-state index contributed by atoms with van der Waals surface area (Å²) < 4.78 is 21.1. The second kappa shape index (κ2) is 12.3. The van der Waals surface area contributed by atoms with Crippen molar-refractivity contribution in [2.75, 3.05) is 26.4 Å². The number of hydrogen-bond acceptors (Lipinski definition) is 7. The SMILES string of the molecule is CCC(NCCOc1ccc2c(c1)nc(-c1cc(C)c(=O)n(C)c1)n2CC1CCOCC1)C(=O)OC1CCC1. The predicted molar refractivity (Wildman–Crippen MR) is 150 cm³/mol. The van der Waals surface area contributed by atoms with Crippen LogP contribution in [0.15, 0.2) is 35.3 Å². The van der Waals surface area contributed by atoms with Crippen LogP contribution in [-0.2, 0) is 27.9 Å². The van der Waals surface area contributed by atoms with E-state index in [0.717, 1.165) is 80.0 Å². The molecule has 0 amide bonds. The van der Waals surface area contributed by atoms with Gasteiger partial charge in [-0.15, -0.1) is 0 Å². The Labute approximate surface area is 229 Å². The molecule has 2 aliphatic rings. The molecule has 0 bridgehead atoms. The number of imidazole rings is 1. The van der Waals surface area contributed by atoms with Crippen LogP contribution in [0, 0.1) is 12.8 Å². The van der Waals surface area contributed by atoms with E-state index in [1.54, 1.807) is 11.6 Å². The zero-order valence-electron chi connectivity index (χ0n) is 23.3. The number of carbonyl (C=O) groups excluding carboxylic acids is 1. The van der Waals surface area contributed by atoms with Gasteiger partial charge < -0.3 is 28.7 Å². The molecule has 0 spiro atoms. The van der Waals surface area contributed by atoms with Crippen molar-refractivity contribution in [2.24, 2.45) is 13.0 Å². The van der Waals surface area contributed by atoms with Crippen LogP contribution in [0.2, 0.25) is 0 Å². The van der Waals surface area contributed by atoms with Crippen molar-refractivity contribution in [3.05, 3.63) is 46.4 Å². The molecule has 3 heterocycles. The molecule has 9 heteroatoms. The molecule has 0 radical (unpaired) electrons. The van der Waals surface area contributed by atoms with Gasteiger partial charge in [-0.3, -0.25) is 9.59 Å². The highest BCUT2D eigenvalue weighted by Crippen LogP contribution is 2.30. The Balaban J connectivity index is 1.31. The summed E-state index contributed by atoms with van der Waals surface area (Å²) in [5.74, 6) is 1.92. The number of benzene rings is 1. The van der Waals surface area contributed by atoms with Crippen molar-refractivity contribution in [3.63, 3.8) is 0 Å². The first-order valence-corrected chi connectivity index (χ1v) is 14.2. The first kappa shape index (κ1) is 27.4. The maximum atomic E-state index is 12.4. The molecule has 1 saturated heterocycles. The molecule has 5 rings (SSSR count). The lowest BCUT2D eigenvalue weighted by molar-refractivity contribution is -0.155. The van der Waals surface area contributed by atoms with Crippen LogP contribution in [0.5, 0.6) is 5.75 Å². The standard InChI is InChI=1S/C30H40N4O5/c1-4-25(30(36)39-23-6-5-7-23)31-12-15-38-24-8-9-27-26(17-24)32-28(22-16-20(2)29(35)33(3)19-22)34(27)18-21-10-13-37-14-11-21/h8-9,16-17,19,21,23,25,31H,4-7,10-15,18H2,1-3H3. The third-order valence-corrected chi connectivity index (χ3v) is 7.91.